The van der Waals surface area contributed by atoms with Gasteiger partial charge in [0.05, 0.1) is 0 Å². The maximum atomic E-state index is 4.15. The zero-order valence-electron chi connectivity index (χ0n) is 7.89. The van der Waals surface area contributed by atoms with Crippen LogP contribution in [0.4, 0.5) is 0 Å². The number of nitrogens with one attached hydrogen (secondary N) is 1. The summed E-state index contributed by atoms with van der Waals surface area (Å²) in [6.07, 6.45) is 6.39. The normalized spacial score (nSPS) is 17.8. The number of halogens is 1. The van der Waals surface area contributed by atoms with Crippen LogP contribution in [0.25, 0.3) is 0 Å². The van der Waals surface area contributed by atoms with Crippen LogP contribution in [-0.2, 0) is 0 Å². The van der Waals surface area contributed by atoms with Gasteiger partial charge in [0.15, 0.2) is 0 Å². The van der Waals surface area contributed by atoms with Crippen LogP contribution in [0.2, 0.25) is 0 Å². The Kier molecular flexibility index (Phi) is 4.22. The van der Waals surface area contributed by atoms with Crippen LogP contribution in [0.5, 0.6) is 0 Å². The minimum Gasteiger partial charge on any atom is -0.370 e. The van der Waals surface area contributed by atoms with E-state index in [1.54, 1.807) is 6.21 Å². The summed E-state index contributed by atoms with van der Waals surface area (Å²) in [5.41, 5.74) is 0. The minimum atomic E-state index is 0.741. The monoisotopic (exact) mass is 242 g/mol. The van der Waals surface area contributed by atoms with Gasteiger partial charge in [-0.15, -0.1) is 0 Å². The molecule has 3 heteroatoms. The topological polar surface area (TPSA) is 24.4 Å². The highest BCUT2D eigenvalue weighted by Crippen LogP contribution is 2.27. The lowest BCUT2D eigenvalue weighted by molar-refractivity contribution is 0.714. The van der Waals surface area contributed by atoms with Crippen molar-refractivity contribution in [1.82, 2.24) is 5.32 Å². The highest BCUT2D eigenvalue weighted by atomic mass is 79.9. The van der Waals surface area contributed by atoms with E-state index in [2.05, 4.69) is 32.8 Å². The first-order valence-corrected chi connectivity index (χ1v) is 5.30. The molecule has 13 heavy (non-hydrogen) atoms. The van der Waals surface area contributed by atoms with Crippen LogP contribution in [0.3, 0.4) is 0 Å². The van der Waals surface area contributed by atoms with Crippen molar-refractivity contribution in [2.24, 2.45) is 10.9 Å². The second kappa shape index (κ2) is 5.22. The molecule has 1 fully saturated rings. The van der Waals surface area contributed by atoms with Gasteiger partial charge in [0.25, 0.3) is 0 Å². The molecule has 1 saturated carbocycles. The third kappa shape index (κ3) is 4.88. The van der Waals surface area contributed by atoms with Crippen LogP contribution >= 0.6 is 15.9 Å². The molecular formula is C10H15BrN2. The van der Waals surface area contributed by atoms with Gasteiger partial charge in [0.1, 0.15) is 5.82 Å². The molecule has 2 nitrogen and oxygen atoms in total. The van der Waals surface area contributed by atoms with E-state index in [0.29, 0.717) is 0 Å². The number of hydrogen-bond donors (Lipinski definition) is 1. The lowest BCUT2D eigenvalue weighted by atomic mass is 10.4. The molecule has 0 aliphatic heterocycles. The number of nitrogens with zero attached hydrogens (tertiary/aromatic N) is 1. The molecule has 0 unspecified atom stereocenters. The third-order valence-corrected chi connectivity index (χ3v) is 2.57. The maximum Gasteiger partial charge on any atom is 0.118 e. The molecule has 0 heterocycles. The van der Waals surface area contributed by atoms with Crippen molar-refractivity contribution >= 4 is 22.1 Å². The fraction of sp³-hybridized carbons (Fsp3) is 0.500. The Labute approximate surface area is 88.0 Å². The Morgan fingerprint density at radius 2 is 2.38 bits per heavy atom. The van der Waals surface area contributed by atoms with E-state index in [9.17, 15) is 0 Å². The van der Waals surface area contributed by atoms with Gasteiger partial charge >= 0.3 is 0 Å². The van der Waals surface area contributed by atoms with Crippen molar-refractivity contribution in [2.75, 3.05) is 6.54 Å². The largest absolute Gasteiger partial charge is 0.370 e. The molecule has 1 N–H and O–H groups in total. The van der Waals surface area contributed by atoms with E-state index in [-0.39, 0.29) is 0 Å². The van der Waals surface area contributed by atoms with E-state index >= 15 is 0 Å². The standard InChI is InChI=1S/C10H15BrN2/c1-3-10(11)7-13-8(2)12-6-9-4-5-9/h3,7,9,12H,2,4-6H2,1H3/b10-3+,13-7-. The molecule has 0 aromatic heterocycles. The number of allylic oxidation sites excluding steroid dienone is 2. The van der Waals surface area contributed by atoms with E-state index in [0.717, 1.165) is 22.8 Å². The Bertz CT molecular complexity index is 239. The summed E-state index contributed by atoms with van der Waals surface area (Å²) in [5.74, 6) is 1.60. The molecule has 0 aromatic carbocycles. The lowest BCUT2D eigenvalue weighted by Crippen LogP contribution is -2.14. The van der Waals surface area contributed by atoms with E-state index in [4.69, 9.17) is 0 Å². The summed E-state index contributed by atoms with van der Waals surface area (Å²) in [5, 5.41) is 3.18. The summed E-state index contributed by atoms with van der Waals surface area (Å²) in [6.45, 7) is 6.78. The van der Waals surface area contributed by atoms with Gasteiger partial charge in [-0.1, -0.05) is 12.7 Å². The van der Waals surface area contributed by atoms with Crippen LogP contribution < -0.4 is 5.32 Å². The molecule has 1 aliphatic rings. The van der Waals surface area contributed by atoms with Crippen LogP contribution in [0, 0.1) is 5.92 Å². The molecule has 0 radical (unpaired) electrons. The summed E-state index contributed by atoms with van der Waals surface area (Å²) in [6, 6.07) is 0. The van der Waals surface area contributed by atoms with Gasteiger partial charge < -0.3 is 5.32 Å². The predicted octanol–water partition coefficient (Wildman–Crippen LogP) is 2.83. The summed E-state index contributed by atoms with van der Waals surface area (Å²) in [7, 11) is 0. The molecule has 0 amide bonds. The zero-order chi connectivity index (χ0) is 9.68. The van der Waals surface area contributed by atoms with Crippen LogP contribution in [0.1, 0.15) is 19.8 Å². The molecule has 0 spiro atoms. The second-order valence-corrected chi connectivity index (χ2v) is 4.12. The Morgan fingerprint density at radius 1 is 1.69 bits per heavy atom. The Balaban J connectivity index is 2.18. The first kappa shape index (κ1) is 10.5. The highest BCUT2D eigenvalue weighted by Gasteiger charge is 2.20. The van der Waals surface area contributed by atoms with Crippen molar-refractivity contribution < 1.29 is 0 Å². The highest BCUT2D eigenvalue weighted by molar-refractivity contribution is 9.12. The third-order valence-electron chi connectivity index (χ3n) is 1.91. The van der Waals surface area contributed by atoms with Crippen molar-refractivity contribution in [1.29, 1.82) is 0 Å². The molecule has 1 rings (SSSR count). The zero-order valence-corrected chi connectivity index (χ0v) is 9.47. The quantitative estimate of drug-likeness (QED) is 0.737. The van der Waals surface area contributed by atoms with E-state index < -0.39 is 0 Å². The van der Waals surface area contributed by atoms with Crippen molar-refractivity contribution in [3.8, 4) is 0 Å². The smallest absolute Gasteiger partial charge is 0.118 e. The molecule has 0 aromatic rings. The summed E-state index contributed by atoms with van der Waals surface area (Å²) in [4.78, 5) is 4.15. The van der Waals surface area contributed by atoms with Crippen molar-refractivity contribution in [2.45, 2.75) is 19.8 Å². The van der Waals surface area contributed by atoms with Gasteiger partial charge in [-0.25, -0.2) is 4.99 Å². The van der Waals surface area contributed by atoms with Gasteiger partial charge in [-0.3, -0.25) is 0 Å². The van der Waals surface area contributed by atoms with Crippen molar-refractivity contribution in [3.63, 3.8) is 0 Å². The second-order valence-electron chi connectivity index (χ2n) is 3.20. The number of hydrogen-bond acceptors (Lipinski definition) is 2. The molecule has 72 valence electrons. The van der Waals surface area contributed by atoms with Crippen LogP contribution in [-0.4, -0.2) is 12.8 Å². The Hall–Kier alpha value is -0.570. The van der Waals surface area contributed by atoms with E-state index in [1.807, 2.05) is 13.0 Å². The minimum absolute atomic E-state index is 0.741. The molecule has 0 saturated heterocycles. The van der Waals surface area contributed by atoms with Gasteiger partial charge in [0, 0.05) is 17.2 Å². The van der Waals surface area contributed by atoms with Crippen molar-refractivity contribution in [3.05, 3.63) is 23.0 Å². The first-order chi connectivity index (χ1) is 6.22. The SMILES string of the molecule is C=C(/N=C\C(Br)=C/C)NCC1CC1. The summed E-state index contributed by atoms with van der Waals surface area (Å²) >= 11 is 3.34. The van der Waals surface area contributed by atoms with Gasteiger partial charge in [-0.05, 0) is 41.6 Å². The lowest BCUT2D eigenvalue weighted by Gasteiger charge is -2.02. The Morgan fingerprint density at radius 3 is 2.92 bits per heavy atom. The number of rotatable bonds is 5. The molecular weight excluding hydrogens is 228 g/mol. The van der Waals surface area contributed by atoms with Gasteiger partial charge in [-0.2, -0.15) is 0 Å². The molecule has 0 bridgehead atoms. The molecule has 0 atom stereocenters. The van der Waals surface area contributed by atoms with E-state index in [1.165, 1.54) is 12.8 Å². The van der Waals surface area contributed by atoms with Gasteiger partial charge in [0.2, 0.25) is 0 Å². The predicted molar refractivity (Wildman–Crippen MR) is 61.0 cm³/mol. The fourth-order valence-corrected chi connectivity index (χ4v) is 0.946. The number of aliphatic imine (C=N–C) groups is 1. The summed E-state index contributed by atoms with van der Waals surface area (Å²) < 4.78 is 0.974. The fourth-order valence-electron chi connectivity index (χ4n) is 0.844. The van der Waals surface area contributed by atoms with Crippen LogP contribution in [0.15, 0.2) is 28.0 Å². The average Bonchev–Trinajstić information content (AvgIpc) is 2.94. The average molecular weight is 243 g/mol. The molecule has 1 aliphatic carbocycles. The maximum absolute atomic E-state index is 4.15. The first-order valence-electron chi connectivity index (χ1n) is 4.51.